The highest BCUT2D eigenvalue weighted by molar-refractivity contribution is 5.89. The Hall–Kier alpha value is -2.29. The third-order valence-corrected chi connectivity index (χ3v) is 4.31. The van der Waals surface area contributed by atoms with Gasteiger partial charge in [0.2, 0.25) is 0 Å². The number of rotatable bonds is 2. The zero-order chi connectivity index (χ0) is 19.0. The summed E-state index contributed by atoms with van der Waals surface area (Å²) >= 11 is 0. The molecule has 0 spiro atoms. The van der Waals surface area contributed by atoms with E-state index >= 15 is 0 Å². The molecule has 25 heavy (non-hydrogen) atoms. The first-order valence-corrected chi connectivity index (χ1v) is 8.62. The molecule has 0 aliphatic rings. The van der Waals surface area contributed by atoms with E-state index in [9.17, 15) is 10.2 Å². The number of aliphatic imine (C=N–C) groups is 1. The van der Waals surface area contributed by atoms with Gasteiger partial charge in [-0.05, 0) is 35.4 Å². The van der Waals surface area contributed by atoms with Gasteiger partial charge in [-0.15, -0.1) is 0 Å². The lowest BCUT2D eigenvalue weighted by Crippen LogP contribution is -2.19. The minimum absolute atomic E-state index is 0.0640. The predicted molar refractivity (Wildman–Crippen MR) is 106 cm³/mol. The number of nitrogens with zero attached hydrogens (tertiary/aromatic N) is 1. The van der Waals surface area contributed by atoms with Gasteiger partial charge in [0.05, 0.1) is 5.69 Å². The quantitative estimate of drug-likeness (QED) is 0.540. The van der Waals surface area contributed by atoms with Gasteiger partial charge >= 0.3 is 0 Å². The number of aryl methyl sites for hydroxylation is 1. The van der Waals surface area contributed by atoms with Gasteiger partial charge in [-0.1, -0.05) is 65.3 Å². The molecule has 2 rings (SSSR count). The highest BCUT2D eigenvalue weighted by atomic mass is 16.3. The molecule has 0 bridgehead atoms. The van der Waals surface area contributed by atoms with Crippen molar-refractivity contribution in [1.29, 1.82) is 0 Å². The lowest BCUT2D eigenvalue weighted by atomic mass is 9.77. The van der Waals surface area contributed by atoms with Gasteiger partial charge in [0.15, 0.2) is 11.5 Å². The second kappa shape index (κ2) is 6.55. The zero-order valence-corrected chi connectivity index (χ0v) is 16.3. The second-order valence-corrected chi connectivity index (χ2v) is 8.68. The maximum absolute atomic E-state index is 10.7. The van der Waals surface area contributed by atoms with Crippen molar-refractivity contribution in [3.8, 4) is 11.5 Å². The summed E-state index contributed by atoms with van der Waals surface area (Å²) in [5.41, 5.74) is 3.78. The molecule has 2 aromatic carbocycles. The van der Waals surface area contributed by atoms with Crippen molar-refractivity contribution in [3.63, 3.8) is 0 Å². The molecule has 0 aliphatic heterocycles. The first kappa shape index (κ1) is 19.0. The van der Waals surface area contributed by atoms with E-state index in [1.165, 1.54) is 5.56 Å². The Bertz CT molecular complexity index is 789. The molecular formula is C22H29NO2. The van der Waals surface area contributed by atoms with Crippen LogP contribution in [0.25, 0.3) is 0 Å². The van der Waals surface area contributed by atoms with Crippen LogP contribution in [0.15, 0.2) is 35.3 Å². The van der Waals surface area contributed by atoms with Crippen molar-refractivity contribution in [3.05, 3.63) is 52.6 Å². The smallest absolute Gasteiger partial charge is 0.167 e. The predicted octanol–water partition coefficient (Wildman–Crippen LogP) is 5.75. The van der Waals surface area contributed by atoms with Gasteiger partial charge in [0.25, 0.3) is 0 Å². The third-order valence-electron chi connectivity index (χ3n) is 4.31. The maximum atomic E-state index is 10.7. The van der Waals surface area contributed by atoms with Crippen LogP contribution < -0.4 is 0 Å². The molecule has 2 N–H and O–H groups in total. The van der Waals surface area contributed by atoms with Crippen molar-refractivity contribution in [2.24, 2.45) is 4.99 Å². The average Bonchev–Trinajstić information content (AvgIpc) is 2.47. The molecule has 3 nitrogen and oxygen atoms in total. The fraction of sp³-hybridized carbons (Fsp3) is 0.409. The number of phenolic OH excluding ortho intramolecular Hbond substituents is 2. The monoisotopic (exact) mass is 339 g/mol. The van der Waals surface area contributed by atoms with Crippen molar-refractivity contribution < 1.29 is 10.2 Å². The first-order chi connectivity index (χ1) is 11.4. The molecule has 0 amide bonds. The van der Waals surface area contributed by atoms with Gasteiger partial charge in [-0.25, -0.2) is 0 Å². The molecule has 3 heteroatoms. The van der Waals surface area contributed by atoms with Crippen molar-refractivity contribution in [2.75, 3.05) is 0 Å². The van der Waals surface area contributed by atoms with Crippen LogP contribution in [-0.2, 0) is 10.8 Å². The van der Waals surface area contributed by atoms with Gasteiger partial charge in [-0.3, -0.25) is 4.99 Å². The molecule has 0 saturated heterocycles. The first-order valence-electron chi connectivity index (χ1n) is 8.62. The standard InChI is InChI=1S/C22H29NO2/c1-14-8-10-15(11-9-14)23-13-16-17(21(2,3)4)12-18(22(5,6)7)20(25)19(16)24/h8-13,24-25H,1-7H3. The fourth-order valence-corrected chi connectivity index (χ4v) is 2.77. The van der Waals surface area contributed by atoms with E-state index < -0.39 is 0 Å². The Labute approximate surface area is 151 Å². The summed E-state index contributed by atoms with van der Waals surface area (Å²) in [6.07, 6.45) is 1.65. The summed E-state index contributed by atoms with van der Waals surface area (Å²) in [5, 5.41) is 21.2. The molecular weight excluding hydrogens is 310 g/mol. The van der Waals surface area contributed by atoms with E-state index in [0.29, 0.717) is 5.56 Å². The van der Waals surface area contributed by atoms with Crippen LogP contribution in [0.5, 0.6) is 11.5 Å². The molecule has 0 aromatic heterocycles. The Balaban J connectivity index is 2.64. The zero-order valence-electron chi connectivity index (χ0n) is 16.3. The van der Waals surface area contributed by atoms with Gasteiger partial charge < -0.3 is 10.2 Å². The molecule has 0 saturated carbocycles. The highest BCUT2D eigenvalue weighted by Crippen LogP contribution is 2.43. The summed E-state index contributed by atoms with van der Waals surface area (Å²) in [5.74, 6) is -0.168. The number of phenols is 2. The SMILES string of the molecule is Cc1ccc(N=Cc2c(C(C)(C)C)cc(C(C)(C)C)c(O)c2O)cc1. The van der Waals surface area contributed by atoms with Gasteiger partial charge in [0, 0.05) is 17.3 Å². The van der Waals surface area contributed by atoms with E-state index in [1.54, 1.807) is 6.21 Å². The Kier molecular flexibility index (Phi) is 4.99. The van der Waals surface area contributed by atoms with Crippen LogP contribution in [0, 0.1) is 6.92 Å². The van der Waals surface area contributed by atoms with E-state index in [1.807, 2.05) is 58.0 Å². The minimum atomic E-state index is -0.270. The van der Waals surface area contributed by atoms with Crippen molar-refractivity contribution in [2.45, 2.75) is 59.3 Å². The lowest BCUT2D eigenvalue weighted by molar-refractivity contribution is 0.386. The van der Waals surface area contributed by atoms with Crippen LogP contribution in [0.1, 0.15) is 63.8 Å². The van der Waals surface area contributed by atoms with Crippen molar-refractivity contribution in [1.82, 2.24) is 0 Å². The Morgan fingerprint density at radius 3 is 1.80 bits per heavy atom. The topological polar surface area (TPSA) is 52.8 Å². The second-order valence-electron chi connectivity index (χ2n) is 8.68. The van der Waals surface area contributed by atoms with E-state index in [4.69, 9.17) is 0 Å². The molecule has 0 fully saturated rings. The third kappa shape index (κ3) is 4.22. The van der Waals surface area contributed by atoms with Crippen LogP contribution >= 0.6 is 0 Å². The maximum Gasteiger partial charge on any atom is 0.167 e. The van der Waals surface area contributed by atoms with Gasteiger partial charge in [-0.2, -0.15) is 0 Å². The average molecular weight is 339 g/mol. The van der Waals surface area contributed by atoms with Crippen molar-refractivity contribution >= 4 is 11.9 Å². The molecule has 0 aliphatic carbocycles. The Morgan fingerprint density at radius 1 is 0.800 bits per heavy atom. The van der Waals surface area contributed by atoms with E-state index in [-0.39, 0.29) is 22.3 Å². The van der Waals surface area contributed by atoms with Crippen LogP contribution in [0.2, 0.25) is 0 Å². The number of hydrogen-bond donors (Lipinski definition) is 2. The minimum Gasteiger partial charge on any atom is -0.504 e. The summed E-state index contributed by atoms with van der Waals surface area (Å²) in [4.78, 5) is 4.49. The summed E-state index contributed by atoms with van der Waals surface area (Å²) in [6, 6.07) is 9.85. The molecule has 2 aromatic rings. The fourth-order valence-electron chi connectivity index (χ4n) is 2.77. The Morgan fingerprint density at radius 2 is 1.32 bits per heavy atom. The molecule has 0 atom stereocenters. The molecule has 0 heterocycles. The van der Waals surface area contributed by atoms with E-state index in [0.717, 1.165) is 16.8 Å². The van der Waals surface area contributed by atoms with Crippen LogP contribution in [0.4, 0.5) is 5.69 Å². The summed E-state index contributed by atoms with van der Waals surface area (Å²) in [7, 11) is 0. The lowest BCUT2D eigenvalue weighted by Gasteiger charge is -2.28. The number of hydrogen-bond acceptors (Lipinski definition) is 3. The largest absolute Gasteiger partial charge is 0.504 e. The van der Waals surface area contributed by atoms with Crippen LogP contribution in [0.3, 0.4) is 0 Å². The van der Waals surface area contributed by atoms with Crippen LogP contribution in [-0.4, -0.2) is 16.4 Å². The normalized spacial score (nSPS) is 12.8. The number of aromatic hydroxyl groups is 2. The number of benzene rings is 2. The summed E-state index contributed by atoms with van der Waals surface area (Å²) < 4.78 is 0. The molecule has 134 valence electrons. The van der Waals surface area contributed by atoms with Gasteiger partial charge in [0.1, 0.15) is 0 Å². The summed E-state index contributed by atoms with van der Waals surface area (Å²) in [6.45, 7) is 14.4. The highest BCUT2D eigenvalue weighted by Gasteiger charge is 2.28. The molecule has 0 radical (unpaired) electrons. The molecule has 0 unspecified atom stereocenters. The van der Waals surface area contributed by atoms with E-state index in [2.05, 4.69) is 25.8 Å².